The minimum Gasteiger partial charge on any atom is -0.261 e. The van der Waals surface area contributed by atoms with Gasteiger partial charge in [0, 0.05) is 28.4 Å². The van der Waals surface area contributed by atoms with Crippen LogP contribution in [0, 0.1) is 11.7 Å². The molecule has 0 saturated heterocycles. The Labute approximate surface area is 157 Å². The van der Waals surface area contributed by atoms with E-state index < -0.39 is 17.9 Å². The van der Waals surface area contributed by atoms with Crippen molar-refractivity contribution in [2.45, 2.75) is 24.8 Å². The van der Waals surface area contributed by atoms with Crippen LogP contribution < -0.4 is 0 Å². The number of benzene rings is 1. The molecule has 6 rings (SSSR count). The van der Waals surface area contributed by atoms with Crippen LogP contribution in [0.2, 0.25) is 0 Å². The molecule has 1 aliphatic carbocycles. The van der Waals surface area contributed by atoms with Gasteiger partial charge in [0.15, 0.2) is 5.65 Å². The van der Waals surface area contributed by atoms with Crippen LogP contribution in [0.4, 0.5) is 13.2 Å². The van der Waals surface area contributed by atoms with E-state index in [9.17, 15) is 13.2 Å². The summed E-state index contributed by atoms with van der Waals surface area (Å²) >= 11 is 0. The molecule has 0 bridgehead atoms. The Kier molecular flexibility index (Phi) is 2.95. The van der Waals surface area contributed by atoms with E-state index in [4.69, 9.17) is 0 Å². The van der Waals surface area contributed by atoms with E-state index in [2.05, 4.69) is 20.3 Å². The Balaban J connectivity index is 1.65. The van der Waals surface area contributed by atoms with Crippen LogP contribution in [0.15, 0.2) is 42.7 Å². The third-order valence-electron chi connectivity index (χ3n) is 5.87. The number of hydrogen-bond donors (Lipinski definition) is 1. The van der Waals surface area contributed by atoms with Crippen molar-refractivity contribution in [2.24, 2.45) is 5.92 Å². The van der Waals surface area contributed by atoms with Crippen LogP contribution in [0.5, 0.6) is 0 Å². The van der Waals surface area contributed by atoms with E-state index in [0.29, 0.717) is 29.7 Å². The maximum atomic E-state index is 14.2. The van der Waals surface area contributed by atoms with Gasteiger partial charge < -0.3 is 0 Å². The number of halogens is 3. The molecular weight excluding hydrogens is 367 g/mol. The van der Waals surface area contributed by atoms with Gasteiger partial charge >= 0.3 is 0 Å². The SMILES string of the molecule is Fc1ccc(-c2nn3c(c2-c2ccnc4[nH]ncc24)CC[C@H]2[C@@H]3C2(F)F)cc1. The molecule has 2 aliphatic rings. The Bertz CT molecular complexity index is 1220. The van der Waals surface area contributed by atoms with Gasteiger partial charge in [-0.3, -0.25) is 9.78 Å². The van der Waals surface area contributed by atoms with E-state index in [1.54, 1.807) is 24.5 Å². The summed E-state index contributed by atoms with van der Waals surface area (Å²) in [5.41, 5.74) is 4.29. The number of hydrogen-bond acceptors (Lipinski definition) is 3. The fraction of sp³-hybridized carbons (Fsp3) is 0.250. The second-order valence-corrected chi connectivity index (χ2v) is 7.38. The van der Waals surface area contributed by atoms with Crippen molar-refractivity contribution in [1.29, 1.82) is 0 Å². The standard InChI is InChI=1S/C20H14F3N5/c21-11-3-1-10(2-4-11)17-16(12-7-8-24-19-13(12)9-25-26-19)15-6-5-14-18(20(14,22)23)28(15)27-17/h1-4,7-9,14,18H,5-6H2,(H,24,25,26)/t14-,18+/m0/s1. The second-order valence-electron chi connectivity index (χ2n) is 7.38. The minimum absolute atomic E-state index is 0.357. The zero-order chi connectivity index (χ0) is 19.0. The highest BCUT2D eigenvalue weighted by Crippen LogP contribution is 2.64. The Morgan fingerprint density at radius 2 is 1.96 bits per heavy atom. The number of alkyl halides is 2. The van der Waals surface area contributed by atoms with Crippen LogP contribution in [-0.4, -0.2) is 30.9 Å². The molecule has 8 heteroatoms. The number of pyridine rings is 1. The normalized spacial score (nSPS) is 22.1. The van der Waals surface area contributed by atoms with Gasteiger partial charge in [-0.2, -0.15) is 10.2 Å². The molecule has 5 nitrogen and oxygen atoms in total. The molecule has 3 aromatic heterocycles. The minimum atomic E-state index is -2.72. The van der Waals surface area contributed by atoms with Gasteiger partial charge in [-0.15, -0.1) is 0 Å². The van der Waals surface area contributed by atoms with Gasteiger partial charge in [0.2, 0.25) is 0 Å². The number of aromatic amines is 1. The molecule has 1 aliphatic heterocycles. The highest BCUT2D eigenvalue weighted by Gasteiger charge is 2.71. The molecule has 1 saturated carbocycles. The monoisotopic (exact) mass is 381 g/mol. The highest BCUT2D eigenvalue weighted by molar-refractivity contribution is 5.97. The lowest BCUT2D eigenvalue weighted by Gasteiger charge is -2.13. The van der Waals surface area contributed by atoms with Crippen molar-refractivity contribution < 1.29 is 13.2 Å². The summed E-state index contributed by atoms with van der Waals surface area (Å²) in [6.45, 7) is 0. The molecule has 1 fully saturated rings. The lowest BCUT2D eigenvalue weighted by Crippen LogP contribution is -2.11. The zero-order valence-electron chi connectivity index (χ0n) is 14.5. The fourth-order valence-corrected chi connectivity index (χ4v) is 4.45. The summed E-state index contributed by atoms with van der Waals surface area (Å²) in [6.07, 6.45) is 4.28. The van der Waals surface area contributed by atoms with Crippen molar-refractivity contribution >= 4 is 11.0 Å². The van der Waals surface area contributed by atoms with Gasteiger partial charge in [-0.25, -0.2) is 18.2 Å². The van der Waals surface area contributed by atoms with Crippen LogP contribution >= 0.6 is 0 Å². The van der Waals surface area contributed by atoms with E-state index in [1.807, 2.05) is 6.07 Å². The van der Waals surface area contributed by atoms with Gasteiger partial charge in [0.25, 0.3) is 5.92 Å². The highest BCUT2D eigenvalue weighted by atomic mass is 19.3. The molecule has 0 unspecified atom stereocenters. The summed E-state index contributed by atoms with van der Waals surface area (Å²) in [5.74, 6) is -3.73. The lowest BCUT2D eigenvalue weighted by atomic mass is 9.94. The number of H-pyrrole nitrogens is 1. The summed E-state index contributed by atoms with van der Waals surface area (Å²) < 4.78 is 43.4. The number of fused-ring (bicyclic) bond motifs is 4. The third-order valence-corrected chi connectivity index (χ3v) is 5.87. The van der Waals surface area contributed by atoms with Gasteiger partial charge in [0.1, 0.15) is 17.6 Å². The molecule has 4 heterocycles. The Morgan fingerprint density at radius 3 is 2.79 bits per heavy atom. The second kappa shape index (κ2) is 5.21. The van der Waals surface area contributed by atoms with Gasteiger partial charge in [-0.05, 0) is 48.7 Å². The Hall–Kier alpha value is -3.16. The van der Waals surface area contributed by atoms with Crippen LogP contribution in [0.25, 0.3) is 33.4 Å². The van der Waals surface area contributed by atoms with Crippen molar-refractivity contribution in [2.75, 3.05) is 0 Å². The van der Waals surface area contributed by atoms with Crippen molar-refractivity contribution in [1.82, 2.24) is 25.0 Å². The molecular formula is C20H14F3N5. The molecule has 2 atom stereocenters. The number of aromatic nitrogens is 5. The molecule has 1 N–H and O–H groups in total. The van der Waals surface area contributed by atoms with Crippen LogP contribution in [0.1, 0.15) is 18.2 Å². The van der Waals surface area contributed by atoms with E-state index in [1.165, 1.54) is 16.8 Å². The first-order chi connectivity index (χ1) is 13.6. The first kappa shape index (κ1) is 15.9. The maximum Gasteiger partial charge on any atom is 0.275 e. The van der Waals surface area contributed by atoms with E-state index in [0.717, 1.165) is 22.2 Å². The summed E-state index contributed by atoms with van der Waals surface area (Å²) in [7, 11) is 0. The molecule has 0 amide bonds. The number of nitrogens with one attached hydrogen (secondary N) is 1. The summed E-state index contributed by atoms with van der Waals surface area (Å²) in [6, 6.07) is 6.91. The quantitative estimate of drug-likeness (QED) is 0.561. The molecule has 28 heavy (non-hydrogen) atoms. The number of nitrogens with zero attached hydrogens (tertiary/aromatic N) is 4. The average molecular weight is 381 g/mol. The van der Waals surface area contributed by atoms with Gasteiger partial charge in [0.05, 0.1) is 12.1 Å². The zero-order valence-corrected chi connectivity index (χ0v) is 14.5. The molecule has 4 aromatic rings. The first-order valence-electron chi connectivity index (χ1n) is 9.09. The average Bonchev–Trinajstić information content (AvgIpc) is 3.08. The first-order valence-corrected chi connectivity index (χ1v) is 9.09. The number of rotatable bonds is 2. The smallest absolute Gasteiger partial charge is 0.261 e. The predicted octanol–water partition coefficient (Wildman–Crippen LogP) is 4.38. The summed E-state index contributed by atoms with van der Waals surface area (Å²) in [5, 5.41) is 12.3. The molecule has 0 spiro atoms. The topological polar surface area (TPSA) is 59.4 Å². The maximum absolute atomic E-state index is 14.2. The third kappa shape index (κ3) is 2.00. The van der Waals surface area contributed by atoms with Crippen molar-refractivity contribution in [3.05, 3.63) is 54.2 Å². The van der Waals surface area contributed by atoms with Gasteiger partial charge in [-0.1, -0.05) is 0 Å². The lowest BCUT2D eigenvalue weighted by molar-refractivity contribution is 0.0850. The summed E-state index contributed by atoms with van der Waals surface area (Å²) in [4.78, 5) is 4.27. The largest absolute Gasteiger partial charge is 0.275 e. The van der Waals surface area contributed by atoms with Crippen LogP contribution in [-0.2, 0) is 6.42 Å². The molecule has 0 radical (unpaired) electrons. The van der Waals surface area contributed by atoms with Crippen LogP contribution in [0.3, 0.4) is 0 Å². The Morgan fingerprint density at radius 1 is 1.14 bits per heavy atom. The van der Waals surface area contributed by atoms with E-state index in [-0.39, 0.29) is 5.82 Å². The van der Waals surface area contributed by atoms with E-state index >= 15 is 0 Å². The van der Waals surface area contributed by atoms with Crippen molar-refractivity contribution in [3.63, 3.8) is 0 Å². The van der Waals surface area contributed by atoms with Crippen molar-refractivity contribution in [3.8, 4) is 22.4 Å². The predicted molar refractivity (Wildman–Crippen MR) is 96.3 cm³/mol. The molecule has 140 valence electrons. The fourth-order valence-electron chi connectivity index (χ4n) is 4.45. The molecule has 1 aromatic carbocycles.